The molecule has 0 unspecified atom stereocenters. The van der Waals surface area contributed by atoms with Gasteiger partial charge in [0.15, 0.2) is 0 Å². The molecule has 1 atom stereocenters. The van der Waals surface area contributed by atoms with Crippen LogP contribution in [0.2, 0.25) is 0 Å². The van der Waals surface area contributed by atoms with Gasteiger partial charge in [0.25, 0.3) is 0 Å². The van der Waals surface area contributed by atoms with Crippen molar-refractivity contribution >= 4 is 0 Å². The summed E-state index contributed by atoms with van der Waals surface area (Å²) in [5.41, 5.74) is 0. The molecule has 68 valence electrons. The number of hydrogen-bond donors (Lipinski definition) is 0. The molecule has 0 aliphatic carbocycles. The van der Waals surface area contributed by atoms with Crippen LogP contribution in [-0.4, -0.2) is 24.5 Å². The Kier molecular flexibility index (Phi) is 6.63. The Hall–Kier alpha value is -0.0400. The predicted molar refractivity (Wildman–Crippen MR) is 51.9 cm³/mol. The van der Waals surface area contributed by atoms with Crippen LogP contribution in [-0.2, 0) is 0 Å². The normalized spacial score (nSPS) is 13.9. The second-order valence-electron chi connectivity index (χ2n) is 3.41. The van der Waals surface area contributed by atoms with E-state index in [1.165, 1.54) is 32.5 Å². The van der Waals surface area contributed by atoms with E-state index in [1.54, 1.807) is 0 Å². The second-order valence-corrected chi connectivity index (χ2v) is 3.41. The summed E-state index contributed by atoms with van der Waals surface area (Å²) >= 11 is 0. The van der Waals surface area contributed by atoms with E-state index in [0.717, 1.165) is 5.92 Å². The summed E-state index contributed by atoms with van der Waals surface area (Å²) in [6, 6.07) is 0. The maximum atomic E-state index is 2.54. The van der Waals surface area contributed by atoms with E-state index >= 15 is 0 Å². The van der Waals surface area contributed by atoms with Crippen molar-refractivity contribution in [2.24, 2.45) is 5.92 Å². The maximum Gasteiger partial charge on any atom is 0.000680 e. The minimum Gasteiger partial charge on any atom is -0.303 e. The number of hydrogen-bond acceptors (Lipinski definition) is 1. The summed E-state index contributed by atoms with van der Waals surface area (Å²) in [5.74, 6) is 0.862. The summed E-state index contributed by atoms with van der Waals surface area (Å²) < 4.78 is 0. The van der Waals surface area contributed by atoms with Crippen molar-refractivity contribution in [3.05, 3.63) is 0 Å². The van der Waals surface area contributed by atoms with Gasteiger partial charge in [0.05, 0.1) is 0 Å². The number of rotatable bonds is 6. The molecule has 0 aromatic heterocycles. The first-order valence-corrected chi connectivity index (χ1v) is 4.96. The van der Waals surface area contributed by atoms with Crippen LogP contribution >= 0.6 is 0 Å². The lowest BCUT2D eigenvalue weighted by atomic mass is 10.1. The second kappa shape index (κ2) is 6.66. The Morgan fingerprint density at radius 2 is 1.82 bits per heavy atom. The van der Waals surface area contributed by atoms with E-state index < -0.39 is 0 Å². The van der Waals surface area contributed by atoms with Crippen molar-refractivity contribution in [1.29, 1.82) is 0 Å². The van der Waals surface area contributed by atoms with Crippen molar-refractivity contribution in [3.63, 3.8) is 0 Å². The Balaban J connectivity index is 3.49. The summed E-state index contributed by atoms with van der Waals surface area (Å²) in [7, 11) is 0. The summed E-state index contributed by atoms with van der Waals surface area (Å²) in [6.45, 7) is 12.8. The standard InChI is InChI=1S/C10H23N/c1-5-8-11(7-3)9-10(4)6-2/h10H,5-9H2,1-4H3/t10-/m1/s1. The molecule has 0 bridgehead atoms. The molecule has 0 saturated carbocycles. The van der Waals surface area contributed by atoms with Gasteiger partial charge in [-0.2, -0.15) is 0 Å². The van der Waals surface area contributed by atoms with Crippen LogP contribution in [0.15, 0.2) is 0 Å². The first-order valence-electron chi connectivity index (χ1n) is 4.96. The Labute approximate surface area is 71.8 Å². The molecule has 0 saturated heterocycles. The highest BCUT2D eigenvalue weighted by molar-refractivity contribution is 4.58. The Morgan fingerprint density at radius 3 is 2.18 bits per heavy atom. The van der Waals surface area contributed by atoms with Gasteiger partial charge in [-0.1, -0.05) is 34.1 Å². The first kappa shape index (κ1) is 11.0. The fourth-order valence-electron chi connectivity index (χ4n) is 1.26. The zero-order chi connectivity index (χ0) is 8.69. The van der Waals surface area contributed by atoms with E-state index in [0.29, 0.717) is 0 Å². The predicted octanol–water partition coefficient (Wildman–Crippen LogP) is 2.76. The van der Waals surface area contributed by atoms with Crippen molar-refractivity contribution in [3.8, 4) is 0 Å². The highest BCUT2D eigenvalue weighted by Gasteiger charge is 2.04. The van der Waals surface area contributed by atoms with Gasteiger partial charge in [-0.15, -0.1) is 0 Å². The molecule has 1 heteroatoms. The molecule has 0 spiro atoms. The molecule has 0 N–H and O–H groups in total. The number of nitrogens with zero attached hydrogens (tertiary/aromatic N) is 1. The molecule has 1 nitrogen and oxygen atoms in total. The average molecular weight is 157 g/mol. The molecule has 0 heterocycles. The third-order valence-electron chi connectivity index (χ3n) is 2.25. The smallest absolute Gasteiger partial charge is 0.000680 e. The largest absolute Gasteiger partial charge is 0.303 e. The lowest BCUT2D eigenvalue weighted by Gasteiger charge is -2.22. The highest BCUT2D eigenvalue weighted by atomic mass is 15.1. The minimum atomic E-state index is 0.862. The lowest BCUT2D eigenvalue weighted by molar-refractivity contribution is 0.246. The van der Waals surface area contributed by atoms with E-state index in [9.17, 15) is 0 Å². The topological polar surface area (TPSA) is 3.24 Å². The minimum absolute atomic E-state index is 0.862. The lowest BCUT2D eigenvalue weighted by Crippen LogP contribution is -2.28. The van der Waals surface area contributed by atoms with E-state index in [-0.39, 0.29) is 0 Å². The van der Waals surface area contributed by atoms with Crippen LogP contribution in [0.5, 0.6) is 0 Å². The van der Waals surface area contributed by atoms with Crippen LogP contribution in [0.3, 0.4) is 0 Å². The summed E-state index contributed by atoms with van der Waals surface area (Å²) in [6.07, 6.45) is 2.59. The van der Waals surface area contributed by atoms with Crippen molar-refractivity contribution in [2.75, 3.05) is 19.6 Å². The molecule has 0 amide bonds. The zero-order valence-electron chi connectivity index (χ0n) is 8.56. The molecule has 0 aromatic carbocycles. The van der Waals surface area contributed by atoms with Gasteiger partial charge < -0.3 is 4.90 Å². The van der Waals surface area contributed by atoms with Gasteiger partial charge in [-0.3, -0.25) is 0 Å². The molecule has 11 heavy (non-hydrogen) atoms. The fraction of sp³-hybridized carbons (Fsp3) is 1.00. The van der Waals surface area contributed by atoms with Gasteiger partial charge in [-0.25, -0.2) is 0 Å². The summed E-state index contributed by atoms with van der Waals surface area (Å²) in [5, 5.41) is 0. The van der Waals surface area contributed by atoms with Gasteiger partial charge in [0, 0.05) is 6.54 Å². The van der Waals surface area contributed by atoms with Crippen LogP contribution in [0.4, 0.5) is 0 Å². The van der Waals surface area contributed by atoms with Gasteiger partial charge in [0.1, 0.15) is 0 Å². The fourth-order valence-corrected chi connectivity index (χ4v) is 1.26. The SMILES string of the molecule is CCCN(CC)C[C@H](C)CC. The quantitative estimate of drug-likeness (QED) is 0.573. The Morgan fingerprint density at radius 1 is 1.18 bits per heavy atom. The molecule has 0 aromatic rings. The molecular formula is C10H23N. The van der Waals surface area contributed by atoms with Gasteiger partial charge in [-0.05, 0) is 25.4 Å². The van der Waals surface area contributed by atoms with Crippen LogP contribution < -0.4 is 0 Å². The monoisotopic (exact) mass is 157 g/mol. The third-order valence-corrected chi connectivity index (χ3v) is 2.25. The highest BCUT2D eigenvalue weighted by Crippen LogP contribution is 2.03. The maximum absolute atomic E-state index is 2.54. The zero-order valence-corrected chi connectivity index (χ0v) is 8.56. The third kappa shape index (κ3) is 5.25. The first-order chi connectivity index (χ1) is 5.24. The van der Waals surface area contributed by atoms with Crippen LogP contribution in [0, 0.1) is 5.92 Å². The Bertz CT molecular complexity index is 80.9. The molecule has 0 aliphatic rings. The average Bonchev–Trinajstić information content (AvgIpc) is 2.03. The molecule has 0 radical (unpaired) electrons. The van der Waals surface area contributed by atoms with Gasteiger partial charge in [0.2, 0.25) is 0 Å². The molecule has 0 rings (SSSR count). The van der Waals surface area contributed by atoms with Crippen LogP contribution in [0.1, 0.15) is 40.5 Å². The van der Waals surface area contributed by atoms with Crippen molar-refractivity contribution in [2.45, 2.75) is 40.5 Å². The van der Waals surface area contributed by atoms with E-state index in [4.69, 9.17) is 0 Å². The van der Waals surface area contributed by atoms with E-state index in [1.807, 2.05) is 0 Å². The van der Waals surface area contributed by atoms with Crippen molar-refractivity contribution < 1.29 is 0 Å². The summed E-state index contributed by atoms with van der Waals surface area (Å²) in [4.78, 5) is 2.54. The molecular weight excluding hydrogens is 134 g/mol. The van der Waals surface area contributed by atoms with Gasteiger partial charge >= 0.3 is 0 Å². The molecule has 0 aliphatic heterocycles. The van der Waals surface area contributed by atoms with Crippen LogP contribution in [0.25, 0.3) is 0 Å². The van der Waals surface area contributed by atoms with E-state index in [2.05, 4.69) is 32.6 Å². The van der Waals surface area contributed by atoms with Crippen molar-refractivity contribution in [1.82, 2.24) is 4.90 Å². The molecule has 0 fully saturated rings.